The zero-order valence-electron chi connectivity index (χ0n) is 13.9. The van der Waals surface area contributed by atoms with Crippen molar-refractivity contribution < 1.29 is 0 Å². The summed E-state index contributed by atoms with van der Waals surface area (Å²) in [5, 5.41) is 10.2. The third-order valence-electron chi connectivity index (χ3n) is 4.22. The number of aromatic amines is 1. The molecule has 0 atom stereocenters. The second kappa shape index (κ2) is 5.96. The van der Waals surface area contributed by atoms with Gasteiger partial charge in [0.2, 0.25) is 5.95 Å². The van der Waals surface area contributed by atoms with Crippen molar-refractivity contribution >= 4 is 23.3 Å². The lowest BCUT2D eigenvalue weighted by Gasteiger charge is -2.30. The minimum absolute atomic E-state index is 0.554. The molecule has 3 aromatic rings. The molecule has 3 heterocycles. The molecule has 0 saturated heterocycles. The van der Waals surface area contributed by atoms with Crippen LogP contribution in [0.15, 0.2) is 36.5 Å². The molecule has 0 unspecified atom stereocenters. The van der Waals surface area contributed by atoms with E-state index in [9.17, 15) is 0 Å². The average Bonchev–Trinajstić information content (AvgIpc) is 2.99. The number of aryl methyl sites for hydroxylation is 3. The number of nitrogens with one attached hydrogen (secondary N) is 2. The van der Waals surface area contributed by atoms with Gasteiger partial charge in [0.1, 0.15) is 5.82 Å². The molecule has 1 aliphatic heterocycles. The molecule has 6 nitrogen and oxygen atoms in total. The molecule has 0 saturated carbocycles. The normalized spacial score (nSPS) is 13.7. The molecule has 2 N–H and O–H groups in total. The first-order chi connectivity index (χ1) is 11.7. The van der Waals surface area contributed by atoms with E-state index in [0.29, 0.717) is 5.95 Å². The molecule has 122 valence electrons. The molecule has 24 heavy (non-hydrogen) atoms. The second-order valence-corrected chi connectivity index (χ2v) is 6.19. The Kier molecular flexibility index (Phi) is 3.65. The van der Waals surface area contributed by atoms with Crippen molar-refractivity contribution in [3.05, 3.63) is 53.3 Å². The topological polar surface area (TPSA) is 69.7 Å². The summed E-state index contributed by atoms with van der Waals surface area (Å²) < 4.78 is 0. The van der Waals surface area contributed by atoms with Gasteiger partial charge < -0.3 is 10.2 Å². The summed E-state index contributed by atoms with van der Waals surface area (Å²) >= 11 is 0. The van der Waals surface area contributed by atoms with Crippen LogP contribution in [0.2, 0.25) is 0 Å². The summed E-state index contributed by atoms with van der Waals surface area (Å²) in [5.41, 5.74) is 4.92. The molecule has 0 spiro atoms. The number of aromatic nitrogens is 4. The van der Waals surface area contributed by atoms with Crippen molar-refractivity contribution in [1.82, 2.24) is 20.2 Å². The zero-order valence-corrected chi connectivity index (χ0v) is 13.9. The van der Waals surface area contributed by atoms with Gasteiger partial charge in [-0.1, -0.05) is 17.7 Å². The highest BCUT2D eigenvalue weighted by Gasteiger charge is 2.19. The SMILES string of the molecule is Cc1ccc2c(c1)CCCN2c1ccnc(Nc2cc(C)[nH]n2)n1. The third kappa shape index (κ3) is 2.82. The van der Waals surface area contributed by atoms with Crippen LogP contribution in [-0.4, -0.2) is 26.7 Å². The van der Waals surface area contributed by atoms with Crippen molar-refractivity contribution in [2.75, 3.05) is 16.8 Å². The van der Waals surface area contributed by atoms with E-state index >= 15 is 0 Å². The molecular formula is C18H20N6. The number of fused-ring (bicyclic) bond motifs is 1. The Balaban J connectivity index is 1.65. The van der Waals surface area contributed by atoms with Crippen LogP contribution in [0, 0.1) is 13.8 Å². The first-order valence-electron chi connectivity index (χ1n) is 8.18. The van der Waals surface area contributed by atoms with Crippen LogP contribution in [-0.2, 0) is 6.42 Å². The first kappa shape index (κ1) is 14.7. The van der Waals surface area contributed by atoms with Crippen LogP contribution in [0.1, 0.15) is 23.2 Å². The number of benzene rings is 1. The lowest BCUT2D eigenvalue weighted by atomic mass is 9.99. The Morgan fingerprint density at radius 3 is 2.92 bits per heavy atom. The fraction of sp³-hybridized carbons (Fsp3) is 0.278. The van der Waals surface area contributed by atoms with E-state index in [-0.39, 0.29) is 0 Å². The van der Waals surface area contributed by atoms with Gasteiger partial charge >= 0.3 is 0 Å². The molecule has 0 bridgehead atoms. The monoisotopic (exact) mass is 320 g/mol. The number of hydrogen-bond donors (Lipinski definition) is 2. The molecule has 0 aliphatic carbocycles. The number of nitrogens with zero attached hydrogens (tertiary/aromatic N) is 4. The van der Waals surface area contributed by atoms with E-state index in [4.69, 9.17) is 0 Å². The van der Waals surface area contributed by atoms with Gasteiger partial charge in [0.15, 0.2) is 5.82 Å². The summed E-state index contributed by atoms with van der Waals surface area (Å²) in [7, 11) is 0. The summed E-state index contributed by atoms with van der Waals surface area (Å²) in [4.78, 5) is 11.2. The fourth-order valence-electron chi connectivity index (χ4n) is 3.12. The maximum Gasteiger partial charge on any atom is 0.230 e. The van der Waals surface area contributed by atoms with Crippen LogP contribution in [0.25, 0.3) is 0 Å². The predicted octanol–water partition coefficient (Wildman–Crippen LogP) is 3.64. The number of H-pyrrole nitrogens is 1. The highest BCUT2D eigenvalue weighted by atomic mass is 15.3. The number of anilines is 4. The lowest BCUT2D eigenvalue weighted by molar-refractivity contribution is 0.758. The van der Waals surface area contributed by atoms with Crippen molar-refractivity contribution in [3.8, 4) is 0 Å². The molecule has 0 amide bonds. The molecule has 4 rings (SSSR count). The largest absolute Gasteiger partial charge is 0.326 e. The number of hydrogen-bond acceptors (Lipinski definition) is 5. The van der Waals surface area contributed by atoms with Crippen LogP contribution in [0.5, 0.6) is 0 Å². The average molecular weight is 320 g/mol. The third-order valence-corrected chi connectivity index (χ3v) is 4.22. The van der Waals surface area contributed by atoms with Crippen molar-refractivity contribution in [2.45, 2.75) is 26.7 Å². The van der Waals surface area contributed by atoms with E-state index in [1.807, 2.05) is 19.1 Å². The maximum absolute atomic E-state index is 4.67. The fourth-order valence-corrected chi connectivity index (χ4v) is 3.12. The van der Waals surface area contributed by atoms with Gasteiger partial charge in [0.05, 0.1) is 0 Å². The summed E-state index contributed by atoms with van der Waals surface area (Å²) in [6, 6.07) is 10.5. The molecule has 6 heteroatoms. The van der Waals surface area contributed by atoms with Crippen LogP contribution >= 0.6 is 0 Å². The van der Waals surface area contributed by atoms with E-state index in [0.717, 1.165) is 36.7 Å². The predicted molar refractivity (Wildman–Crippen MR) is 95.1 cm³/mol. The minimum atomic E-state index is 0.554. The van der Waals surface area contributed by atoms with Gasteiger partial charge in [0.25, 0.3) is 0 Å². The summed E-state index contributed by atoms with van der Waals surface area (Å²) in [5.74, 6) is 2.18. The lowest BCUT2D eigenvalue weighted by Crippen LogP contribution is -2.25. The zero-order chi connectivity index (χ0) is 16.5. The maximum atomic E-state index is 4.67. The van der Waals surface area contributed by atoms with Crippen molar-refractivity contribution in [1.29, 1.82) is 0 Å². The van der Waals surface area contributed by atoms with Crippen molar-refractivity contribution in [2.24, 2.45) is 0 Å². The quantitative estimate of drug-likeness (QED) is 0.771. The van der Waals surface area contributed by atoms with E-state index in [1.165, 1.54) is 16.8 Å². The van der Waals surface area contributed by atoms with Crippen LogP contribution in [0.4, 0.5) is 23.3 Å². The Morgan fingerprint density at radius 2 is 2.08 bits per heavy atom. The van der Waals surface area contributed by atoms with Crippen LogP contribution < -0.4 is 10.2 Å². The summed E-state index contributed by atoms with van der Waals surface area (Å²) in [6.45, 7) is 5.06. The standard InChI is InChI=1S/C18H20N6/c1-12-5-6-15-14(10-12)4-3-9-24(15)17-7-8-19-18(21-17)20-16-11-13(2)22-23-16/h5-8,10-11H,3-4,9H2,1-2H3,(H2,19,20,21,22,23). The Hall–Kier alpha value is -2.89. The highest BCUT2D eigenvalue weighted by molar-refractivity contribution is 5.66. The molecular weight excluding hydrogens is 300 g/mol. The molecule has 1 aromatic carbocycles. The first-order valence-corrected chi connectivity index (χ1v) is 8.18. The second-order valence-electron chi connectivity index (χ2n) is 6.19. The molecule has 0 fully saturated rings. The Morgan fingerprint density at radius 1 is 1.17 bits per heavy atom. The van der Waals surface area contributed by atoms with E-state index < -0.39 is 0 Å². The number of rotatable bonds is 3. The van der Waals surface area contributed by atoms with Crippen LogP contribution in [0.3, 0.4) is 0 Å². The van der Waals surface area contributed by atoms with Crippen molar-refractivity contribution in [3.63, 3.8) is 0 Å². The minimum Gasteiger partial charge on any atom is -0.326 e. The van der Waals surface area contributed by atoms with Gasteiger partial charge in [-0.05, 0) is 44.4 Å². The molecule has 1 aliphatic rings. The van der Waals surface area contributed by atoms with Gasteiger partial charge in [-0.2, -0.15) is 10.1 Å². The van der Waals surface area contributed by atoms with E-state index in [2.05, 4.69) is 55.5 Å². The Bertz CT molecular complexity index is 869. The Labute approximate surface area is 141 Å². The smallest absolute Gasteiger partial charge is 0.230 e. The van der Waals surface area contributed by atoms with Gasteiger partial charge in [0, 0.05) is 30.2 Å². The molecule has 2 aromatic heterocycles. The molecule has 0 radical (unpaired) electrons. The summed E-state index contributed by atoms with van der Waals surface area (Å²) in [6.07, 6.45) is 4.03. The highest BCUT2D eigenvalue weighted by Crippen LogP contribution is 2.33. The van der Waals surface area contributed by atoms with Gasteiger partial charge in [-0.15, -0.1) is 0 Å². The van der Waals surface area contributed by atoms with Gasteiger partial charge in [-0.3, -0.25) is 5.10 Å². The van der Waals surface area contributed by atoms with E-state index in [1.54, 1.807) is 6.20 Å². The van der Waals surface area contributed by atoms with Gasteiger partial charge in [-0.25, -0.2) is 4.98 Å².